The number of nitrogens with one attached hydrogen (secondary N) is 3. The van der Waals surface area contributed by atoms with Gasteiger partial charge in [0.2, 0.25) is 11.9 Å². The van der Waals surface area contributed by atoms with Crippen LogP contribution in [-0.2, 0) is 0 Å². The Hall–Kier alpha value is -6.91. The van der Waals surface area contributed by atoms with Gasteiger partial charge in [0.25, 0.3) is 11.1 Å². The first-order chi connectivity index (χ1) is 33.8. The number of nitrogens with zero attached hydrogens (tertiary/aromatic N) is 12. The molecule has 0 spiro atoms. The van der Waals surface area contributed by atoms with Crippen LogP contribution in [0, 0.1) is 29.1 Å². The Balaban J connectivity index is 0.888. The Morgan fingerprint density at radius 3 is 1.88 bits per heavy atom. The van der Waals surface area contributed by atoms with Gasteiger partial charge >= 0.3 is 0 Å². The molecule has 19 nitrogen and oxygen atoms in total. The highest BCUT2D eigenvalue weighted by Crippen LogP contribution is 2.34. The van der Waals surface area contributed by atoms with Crippen LogP contribution in [0.15, 0.2) is 70.5 Å². The summed E-state index contributed by atoms with van der Waals surface area (Å²) in [6, 6.07) is 18.0. The number of aromatic nitrogens is 8. The first-order valence-corrected chi connectivity index (χ1v) is 24.7. The highest BCUT2D eigenvalue weighted by Gasteiger charge is 2.33. The molecule has 3 atom stereocenters. The molecule has 0 amide bonds. The summed E-state index contributed by atoms with van der Waals surface area (Å²) in [6.45, 7) is 6.16. The minimum atomic E-state index is -0.383. The van der Waals surface area contributed by atoms with E-state index in [-0.39, 0.29) is 36.3 Å². The van der Waals surface area contributed by atoms with Gasteiger partial charge in [0, 0.05) is 101 Å². The highest BCUT2D eigenvalue weighted by atomic mass is 16.3. The molecule has 6 aromatic rings. The summed E-state index contributed by atoms with van der Waals surface area (Å²) < 4.78 is 1.51. The van der Waals surface area contributed by atoms with Crippen molar-refractivity contribution in [2.75, 3.05) is 95.8 Å². The predicted octanol–water partition coefficient (Wildman–Crippen LogP) is 5.87. The SMILES string of the molecule is N#CCC1CCN(c2nc(Nc3ccc(N4CCCC(CCO)C4)cc3)c3c(=O)n(C4CCN(c5ccc(Nc6nc(N7CCCCCC7)nc7cn[nH]c(=O)c67)cc5)CC4CO)ncc3n2)CC1. The maximum atomic E-state index is 14.8. The van der Waals surface area contributed by atoms with Gasteiger partial charge in [-0.05, 0) is 112 Å². The number of nitriles is 1. The van der Waals surface area contributed by atoms with Crippen LogP contribution in [0.4, 0.5) is 46.3 Å². The van der Waals surface area contributed by atoms with E-state index in [2.05, 4.69) is 58.6 Å². The zero-order chi connectivity index (χ0) is 47.3. The molecule has 4 fully saturated rings. The smallest absolute Gasteiger partial charge is 0.280 e. The van der Waals surface area contributed by atoms with Crippen LogP contribution in [0.25, 0.3) is 21.8 Å². The molecule has 360 valence electrons. The molecule has 0 aliphatic carbocycles. The Labute approximate surface area is 400 Å². The van der Waals surface area contributed by atoms with Gasteiger partial charge in [0.1, 0.15) is 33.4 Å². The third-order valence-corrected chi connectivity index (χ3v) is 14.6. The van der Waals surface area contributed by atoms with Crippen molar-refractivity contribution in [3.8, 4) is 6.07 Å². The van der Waals surface area contributed by atoms with Crippen molar-refractivity contribution >= 4 is 68.1 Å². The Bertz CT molecular complexity index is 2890. The molecular weight excluding hydrogens is 875 g/mol. The molecule has 4 saturated heterocycles. The molecular formula is C50H61N15O4. The van der Waals surface area contributed by atoms with Crippen molar-refractivity contribution in [1.29, 1.82) is 5.26 Å². The van der Waals surface area contributed by atoms with Gasteiger partial charge in [-0.25, -0.2) is 19.7 Å². The molecule has 69 heavy (non-hydrogen) atoms. The van der Waals surface area contributed by atoms with Crippen LogP contribution >= 0.6 is 0 Å². The number of piperidine rings is 3. The fourth-order valence-electron chi connectivity index (χ4n) is 10.7. The van der Waals surface area contributed by atoms with E-state index in [1.54, 1.807) is 12.4 Å². The quantitative estimate of drug-likeness (QED) is 0.0911. The molecule has 8 heterocycles. The average Bonchev–Trinajstić information content (AvgIpc) is 3.67. The van der Waals surface area contributed by atoms with Crippen LogP contribution in [0.3, 0.4) is 0 Å². The van der Waals surface area contributed by atoms with Crippen LogP contribution in [0.2, 0.25) is 0 Å². The number of anilines is 8. The molecule has 4 aliphatic heterocycles. The molecule has 4 aliphatic rings. The second-order valence-electron chi connectivity index (χ2n) is 19.1. The largest absolute Gasteiger partial charge is 0.396 e. The lowest BCUT2D eigenvalue weighted by Gasteiger charge is -2.39. The van der Waals surface area contributed by atoms with E-state index in [0.29, 0.717) is 96.2 Å². The van der Waals surface area contributed by atoms with Crippen molar-refractivity contribution in [3.63, 3.8) is 0 Å². The molecule has 0 bridgehead atoms. The monoisotopic (exact) mass is 936 g/mol. The molecule has 5 N–H and O–H groups in total. The van der Waals surface area contributed by atoms with E-state index >= 15 is 0 Å². The fraction of sp³-hybridized carbons (Fsp3) is 0.500. The third-order valence-electron chi connectivity index (χ3n) is 14.6. The van der Waals surface area contributed by atoms with Gasteiger partial charge in [-0.1, -0.05) is 12.8 Å². The van der Waals surface area contributed by atoms with Crippen LogP contribution < -0.4 is 41.4 Å². The number of aliphatic hydroxyl groups is 2. The molecule has 3 unspecified atom stereocenters. The van der Waals surface area contributed by atoms with Crippen LogP contribution in [0.5, 0.6) is 0 Å². The molecule has 2 aromatic carbocycles. The zero-order valence-electron chi connectivity index (χ0n) is 39.0. The average molecular weight is 936 g/mol. The first kappa shape index (κ1) is 45.9. The molecule has 4 aromatic heterocycles. The van der Waals surface area contributed by atoms with E-state index in [1.807, 2.05) is 36.4 Å². The number of rotatable bonds is 13. The van der Waals surface area contributed by atoms with E-state index < -0.39 is 0 Å². The lowest BCUT2D eigenvalue weighted by atomic mass is 9.92. The van der Waals surface area contributed by atoms with Gasteiger partial charge in [-0.2, -0.15) is 25.4 Å². The number of hydrogen-bond acceptors (Lipinski definition) is 17. The lowest BCUT2D eigenvalue weighted by molar-refractivity contribution is 0.150. The molecule has 10 rings (SSSR count). The highest BCUT2D eigenvalue weighted by molar-refractivity contribution is 5.91. The number of hydrogen-bond donors (Lipinski definition) is 5. The van der Waals surface area contributed by atoms with Crippen LogP contribution in [-0.4, -0.2) is 116 Å². The Morgan fingerprint density at radius 2 is 1.25 bits per heavy atom. The summed E-state index contributed by atoms with van der Waals surface area (Å²) in [5.41, 5.74) is 3.81. The molecule has 0 radical (unpaired) electrons. The van der Waals surface area contributed by atoms with E-state index in [4.69, 9.17) is 25.0 Å². The van der Waals surface area contributed by atoms with Crippen molar-refractivity contribution in [3.05, 3.63) is 81.6 Å². The van der Waals surface area contributed by atoms with Crippen molar-refractivity contribution in [2.24, 2.45) is 17.8 Å². The third kappa shape index (κ3) is 9.99. The lowest BCUT2D eigenvalue weighted by Crippen LogP contribution is -2.46. The summed E-state index contributed by atoms with van der Waals surface area (Å²) in [5.74, 6) is 2.39. The van der Waals surface area contributed by atoms with Crippen molar-refractivity contribution in [1.82, 2.24) is 39.9 Å². The summed E-state index contributed by atoms with van der Waals surface area (Å²) in [7, 11) is 0. The number of aromatic amines is 1. The van der Waals surface area contributed by atoms with Gasteiger partial charge in [-0.3, -0.25) is 9.59 Å². The maximum Gasteiger partial charge on any atom is 0.280 e. The van der Waals surface area contributed by atoms with E-state index in [9.17, 15) is 25.1 Å². The normalized spacial score (nSPS) is 20.5. The Kier molecular flexibility index (Phi) is 13.8. The van der Waals surface area contributed by atoms with Gasteiger partial charge in [-0.15, -0.1) is 0 Å². The molecule has 0 saturated carbocycles. The van der Waals surface area contributed by atoms with Gasteiger partial charge < -0.3 is 40.4 Å². The van der Waals surface area contributed by atoms with Gasteiger partial charge in [0.15, 0.2) is 0 Å². The van der Waals surface area contributed by atoms with Crippen LogP contribution in [0.1, 0.15) is 76.7 Å². The maximum absolute atomic E-state index is 14.8. The first-order valence-electron chi connectivity index (χ1n) is 24.7. The molecule has 19 heteroatoms. The minimum absolute atomic E-state index is 0.150. The topological polar surface area (TPSA) is 233 Å². The zero-order valence-corrected chi connectivity index (χ0v) is 39.0. The fourth-order valence-corrected chi connectivity index (χ4v) is 10.7. The predicted molar refractivity (Wildman–Crippen MR) is 268 cm³/mol. The number of benzene rings is 2. The standard InChI is InChI=1S/C50H61N15O4/c51-20-15-33-16-24-62(25-17-33)50-57-41-29-53-65(48(69)44(41)46(59-50)55-37-7-11-38(12-8-37)63-23-5-6-34(30-63)19-27-66)42-18-26-64(31-35(42)32-67)39-13-9-36(10-14-39)54-45-43-40(28-52-60-47(43)68)56-49(58-45)61-21-3-1-2-4-22-61/h7-14,28-29,33-35,42,66-67H,1-6,15-19,21-27,30-32H2,(H,60,68)(H,54,56,58)(H,55,57,59). The van der Waals surface area contributed by atoms with E-state index in [1.165, 1.54) is 17.5 Å². The number of fused-ring (bicyclic) bond motifs is 2. The number of H-pyrrole nitrogens is 1. The number of aliphatic hydroxyl groups excluding tert-OH is 2. The van der Waals surface area contributed by atoms with Gasteiger partial charge in [0.05, 0.1) is 24.5 Å². The van der Waals surface area contributed by atoms with Crippen molar-refractivity contribution in [2.45, 2.75) is 76.7 Å². The summed E-state index contributed by atoms with van der Waals surface area (Å²) in [4.78, 5) is 56.2. The Morgan fingerprint density at radius 1 is 0.652 bits per heavy atom. The van der Waals surface area contributed by atoms with Crippen molar-refractivity contribution < 1.29 is 10.2 Å². The summed E-state index contributed by atoms with van der Waals surface area (Å²) in [5, 5.41) is 48.5. The second-order valence-corrected chi connectivity index (χ2v) is 19.1. The summed E-state index contributed by atoms with van der Waals surface area (Å²) >= 11 is 0. The minimum Gasteiger partial charge on any atom is -0.396 e. The van der Waals surface area contributed by atoms with E-state index in [0.717, 1.165) is 93.9 Å². The second kappa shape index (κ2) is 20.8. The summed E-state index contributed by atoms with van der Waals surface area (Å²) in [6.07, 6.45) is 13.5.